The molecule has 8 heteroatoms. The number of carbonyl (C=O) groups is 2. The summed E-state index contributed by atoms with van der Waals surface area (Å²) < 4.78 is 23.9. The molecule has 5 rings (SSSR count). The van der Waals surface area contributed by atoms with Gasteiger partial charge in [0, 0.05) is 12.8 Å². The second kappa shape index (κ2) is 17.6. The lowest BCUT2D eigenvalue weighted by Crippen LogP contribution is -2.47. The molecule has 8 nitrogen and oxygen atoms in total. The van der Waals surface area contributed by atoms with Gasteiger partial charge in [0.2, 0.25) is 0 Å². The van der Waals surface area contributed by atoms with E-state index < -0.39 is 48.6 Å². The molecule has 0 amide bonds. The highest BCUT2D eigenvalue weighted by Gasteiger charge is 2.37. The molecule has 0 spiro atoms. The Hall–Kier alpha value is -5.22. The van der Waals surface area contributed by atoms with Gasteiger partial charge in [-0.3, -0.25) is 0 Å². The lowest BCUT2D eigenvalue weighted by atomic mass is 9.97. The van der Waals surface area contributed by atoms with E-state index in [0.717, 1.165) is 11.1 Å². The number of ether oxygens (including phenoxy) is 4. The van der Waals surface area contributed by atoms with Crippen molar-refractivity contribution < 1.29 is 38.7 Å². The predicted molar refractivity (Wildman–Crippen MR) is 178 cm³/mol. The van der Waals surface area contributed by atoms with Crippen molar-refractivity contribution in [3.63, 3.8) is 0 Å². The molecular formula is C40H36O8. The molecule has 4 aromatic rings. The van der Waals surface area contributed by atoms with Gasteiger partial charge >= 0.3 is 11.9 Å². The summed E-state index contributed by atoms with van der Waals surface area (Å²) in [5, 5.41) is 22.7. The molecule has 0 bridgehead atoms. The lowest BCUT2D eigenvalue weighted by molar-refractivity contribution is -0.110. The highest BCUT2D eigenvalue weighted by molar-refractivity contribution is 5.90. The van der Waals surface area contributed by atoms with Crippen LogP contribution >= 0.6 is 0 Å². The van der Waals surface area contributed by atoms with Gasteiger partial charge in [-0.2, -0.15) is 0 Å². The first-order valence-electron chi connectivity index (χ1n) is 15.6. The van der Waals surface area contributed by atoms with Crippen LogP contribution in [-0.2, 0) is 32.2 Å². The quantitative estimate of drug-likeness (QED) is 0.181. The number of aliphatic hydroxyl groups is 2. The minimum absolute atomic E-state index is 0.166. The normalized spacial score (nSPS) is 22.3. The van der Waals surface area contributed by atoms with E-state index in [1.807, 2.05) is 60.7 Å². The summed E-state index contributed by atoms with van der Waals surface area (Å²) in [4.78, 5) is 26.1. The number of carbonyl (C=O) groups excluding carboxylic acids is 2. The first kappa shape index (κ1) is 34.1. The Morgan fingerprint density at radius 2 is 0.875 bits per heavy atom. The zero-order chi connectivity index (χ0) is 33.6. The summed E-state index contributed by atoms with van der Waals surface area (Å²) in [6.45, 7) is 0.441. The van der Waals surface area contributed by atoms with Gasteiger partial charge in [-0.25, -0.2) is 9.59 Å². The van der Waals surface area contributed by atoms with Gasteiger partial charge in [-0.05, 0) is 35.4 Å². The molecule has 0 aliphatic heterocycles. The van der Waals surface area contributed by atoms with Crippen LogP contribution in [0.2, 0.25) is 0 Å². The van der Waals surface area contributed by atoms with Crippen LogP contribution in [0.25, 0.3) is 0 Å². The summed E-state index contributed by atoms with van der Waals surface area (Å²) in [6, 6.07) is 35.7. The van der Waals surface area contributed by atoms with Crippen LogP contribution < -0.4 is 0 Å². The molecule has 0 saturated heterocycles. The summed E-state index contributed by atoms with van der Waals surface area (Å²) >= 11 is 0. The first-order valence-corrected chi connectivity index (χ1v) is 15.6. The Bertz CT molecular complexity index is 1590. The van der Waals surface area contributed by atoms with Crippen LogP contribution in [0.1, 0.15) is 44.7 Å². The SMILES string of the molecule is O=C(O[C@@H]1CC#C[C@H](OCc2ccccc2)[C@@H](OCc2ccccc2)C#CC[C@@H](OC(=O)c2ccccc2)[C@@H](O)[C@@H]1O)c1ccccc1. The molecule has 244 valence electrons. The molecule has 4 aromatic carbocycles. The molecule has 1 aliphatic carbocycles. The third-order valence-corrected chi connectivity index (χ3v) is 7.56. The Kier molecular flexibility index (Phi) is 12.5. The fourth-order valence-electron chi connectivity index (χ4n) is 4.91. The topological polar surface area (TPSA) is 112 Å². The van der Waals surface area contributed by atoms with Gasteiger partial charge in [-0.15, -0.1) is 0 Å². The molecule has 2 N–H and O–H groups in total. The van der Waals surface area contributed by atoms with E-state index in [9.17, 15) is 19.8 Å². The van der Waals surface area contributed by atoms with Crippen LogP contribution in [0.3, 0.4) is 0 Å². The second-order valence-electron chi connectivity index (χ2n) is 11.1. The maximum atomic E-state index is 13.1. The zero-order valence-electron chi connectivity index (χ0n) is 26.2. The highest BCUT2D eigenvalue weighted by atomic mass is 16.6. The predicted octanol–water partition coefficient (Wildman–Crippen LogP) is 5.13. The van der Waals surface area contributed by atoms with Gasteiger partial charge in [0.1, 0.15) is 24.4 Å². The number of esters is 2. The Morgan fingerprint density at radius 1 is 0.542 bits per heavy atom. The van der Waals surface area contributed by atoms with Crippen molar-refractivity contribution in [2.24, 2.45) is 0 Å². The molecule has 0 saturated carbocycles. The van der Waals surface area contributed by atoms with Gasteiger partial charge in [0.15, 0.2) is 12.2 Å². The fraction of sp³-hybridized carbons (Fsp3) is 0.250. The number of rotatable bonds is 10. The highest BCUT2D eigenvalue weighted by Crippen LogP contribution is 2.20. The van der Waals surface area contributed by atoms with Crippen LogP contribution in [0.15, 0.2) is 121 Å². The molecular weight excluding hydrogens is 608 g/mol. The lowest BCUT2D eigenvalue weighted by Gasteiger charge is -2.30. The van der Waals surface area contributed by atoms with E-state index in [4.69, 9.17) is 18.9 Å². The average molecular weight is 645 g/mol. The second-order valence-corrected chi connectivity index (χ2v) is 11.1. The van der Waals surface area contributed by atoms with E-state index in [0.29, 0.717) is 0 Å². The molecule has 0 aromatic heterocycles. The van der Waals surface area contributed by atoms with Gasteiger partial charge in [-0.1, -0.05) is 121 Å². The van der Waals surface area contributed by atoms with Gasteiger partial charge in [0.25, 0.3) is 0 Å². The summed E-state index contributed by atoms with van der Waals surface area (Å²) in [6.07, 6.45) is -7.95. The maximum Gasteiger partial charge on any atom is 0.338 e. The third kappa shape index (κ3) is 9.89. The van der Waals surface area contributed by atoms with E-state index in [2.05, 4.69) is 23.7 Å². The third-order valence-electron chi connectivity index (χ3n) is 7.56. The number of aliphatic hydroxyl groups excluding tert-OH is 2. The molecule has 0 radical (unpaired) electrons. The van der Waals surface area contributed by atoms with Crippen LogP contribution in [-0.4, -0.2) is 58.8 Å². The molecule has 1 aliphatic rings. The van der Waals surface area contributed by atoms with Crippen molar-refractivity contribution in [3.8, 4) is 23.7 Å². The summed E-state index contributed by atoms with van der Waals surface area (Å²) in [5.74, 6) is 10.7. The van der Waals surface area contributed by atoms with Crippen molar-refractivity contribution in [1.82, 2.24) is 0 Å². The Balaban J connectivity index is 1.47. The zero-order valence-corrected chi connectivity index (χ0v) is 26.2. The molecule has 6 atom stereocenters. The summed E-state index contributed by atoms with van der Waals surface area (Å²) in [5.41, 5.74) is 2.35. The van der Waals surface area contributed by atoms with E-state index in [-0.39, 0.29) is 37.2 Å². The van der Waals surface area contributed by atoms with E-state index >= 15 is 0 Å². The largest absolute Gasteiger partial charge is 0.455 e. The Labute approximate surface area is 280 Å². The maximum absolute atomic E-state index is 13.1. The summed E-state index contributed by atoms with van der Waals surface area (Å²) in [7, 11) is 0. The van der Waals surface area contributed by atoms with Crippen LogP contribution in [0, 0.1) is 23.7 Å². The van der Waals surface area contributed by atoms with E-state index in [1.165, 1.54) is 0 Å². The smallest absolute Gasteiger partial charge is 0.338 e. The van der Waals surface area contributed by atoms with Gasteiger partial charge < -0.3 is 29.2 Å². The number of benzene rings is 4. The molecule has 0 fully saturated rings. The van der Waals surface area contributed by atoms with Crippen LogP contribution in [0.4, 0.5) is 0 Å². The molecule has 0 heterocycles. The monoisotopic (exact) mass is 644 g/mol. The Morgan fingerprint density at radius 3 is 1.23 bits per heavy atom. The first-order chi connectivity index (χ1) is 23.5. The van der Waals surface area contributed by atoms with Crippen LogP contribution in [0.5, 0.6) is 0 Å². The molecule has 0 unspecified atom stereocenters. The van der Waals surface area contributed by atoms with Crippen molar-refractivity contribution in [1.29, 1.82) is 0 Å². The average Bonchev–Trinajstić information content (AvgIpc) is 3.14. The minimum atomic E-state index is -1.67. The van der Waals surface area contributed by atoms with Crippen molar-refractivity contribution in [2.45, 2.75) is 62.7 Å². The molecule has 48 heavy (non-hydrogen) atoms. The van der Waals surface area contributed by atoms with Crippen molar-refractivity contribution in [3.05, 3.63) is 144 Å². The van der Waals surface area contributed by atoms with Crippen molar-refractivity contribution >= 4 is 11.9 Å². The van der Waals surface area contributed by atoms with E-state index in [1.54, 1.807) is 60.7 Å². The number of hydrogen-bond donors (Lipinski definition) is 2. The van der Waals surface area contributed by atoms with Gasteiger partial charge in [0.05, 0.1) is 24.3 Å². The standard InChI is InChI=1S/C40H36O8/c41-37-35(47-39(43)31-19-9-3-10-20-31)25-13-23-33(45-27-29-15-5-1-6-16-29)34(46-28-30-17-7-2-8-18-30)24-14-26-36(38(37)42)48-40(44)32-21-11-4-12-22-32/h1-12,15-22,33-38,41-42H,25-28H2/t33-,34-,35+,36+,37+,38+/m0/s1. The van der Waals surface area contributed by atoms with Crippen molar-refractivity contribution in [2.75, 3.05) is 0 Å². The number of hydrogen-bond acceptors (Lipinski definition) is 8. The fourth-order valence-corrected chi connectivity index (χ4v) is 4.91. The minimum Gasteiger partial charge on any atom is -0.455 e.